The number of halogens is 1. The molecule has 0 spiro atoms. The third-order valence-electron chi connectivity index (χ3n) is 4.64. The van der Waals surface area contributed by atoms with Crippen molar-refractivity contribution in [3.05, 3.63) is 64.7 Å². The molecule has 0 aromatic heterocycles. The molecule has 1 aliphatic heterocycles. The summed E-state index contributed by atoms with van der Waals surface area (Å²) in [5.41, 5.74) is 1.33. The van der Waals surface area contributed by atoms with Crippen LogP contribution >= 0.6 is 35.6 Å². The lowest BCUT2D eigenvalue weighted by atomic mass is 10.00. The van der Waals surface area contributed by atoms with Crippen molar-refractivity contribution in [2.24, 2.45) is 0 Å². The van der Waals surface area contributed by atoms with E-state index >= 15 is 0 Å². The summed E-state index contributed by atoms with van der Waals surface area (Å²) in [6.07, 6.45) is 0. The van der Waals surface area contributed by atoms with Gasteiger partial charge in [0.15, 0.2) is 0 Å². The third kappa shape index (κ3) is 4.91. The average Bonchev–Trinajstić information content (AvgIpc) is 2.69. The van der Waals surface area contributed by atoms with Crippen LogP contribution in [0.1, 0.15) is 29.8 Å². The van der Waals surface area contributed by atoms with Crippen LogP contribution in [-0.2, 0) is 11.3 Å². The van der Waals surface area contributed by atoms with Crippen LogP contribution in [0, 0.1) is 0 Å². The highest BCUT2D eigenvalue weighted by Crippen LogP contribution is 2.37. The van der Waals surface area contributed by atoms with E-state index in [1.165, 1.54) is 23.8 Å². The largest absolute Gasteiger partial charge is 0.497 e. The highest BCUT2D eigenvalue weighted by atomic mass is 35.5. The van der Waals surface area contributed by atoms with Crippen LogP contribution in [-0.4, -0.2) is 38.9 Å². The Morgan fingerprint density at radius 3 is 2.62 bits per heavy atom. The normalized spacial score (nSPS) is 18.5. The van der Waals surface area contributed by atoms with E-state index in [0.29, 0.717) is 27.2 Å². The summed E-state index contributed by atoms with van der Waals surface area (Å²) >= 11 is 12.8. The summed E-state index contributed by atoms with van der Waals surface area (Å²) in [4.78, 5) is 27.6. The van der Waals surface area contributed by atoms with Gasteiger partial charge in [0.2, 0.25) is 0 Å². The monoisotopic (exact) mass is 448 g/mol. The number of ether oxygens (including phenoxy) is 1. The first-order valence-corrected chi connectivity index (χ1v) is 10.6. The van der Waals surface area contributed by atoms with Gasteiger partial charge in [0.05, 0.1) is 13.7 Å². The molecule has 8 heteroatoms. The Bertz CT molecular complexity index is 947. The molecule has 152 valence electrons. The fourth-order valence-electron chi connectivity index (χ4n) is 3.01. The first kappa shape index (κ1) is 21.6. The number of carbonyl (C=O) groups is 2. The van der Waals surface area contributed by atoms with Crippen LogP contribution < -0.4 is 10.1 Å². The molecule has 0 bridgehead atoms. The van der Waals surface area contributed by atoms with Crippen LogP contribution in [0.3, 0.4) is 0 Å². The van der Waals surface area contributed by atoms with E-state index in [9.17, 15) is 9.59 Å². The standard InChI is InChI=1S/C21H21ClN2O3S2/c1-21(2)17(23-18(25)14-5-4-6-16(11-14)27-3)19(26)24(20(28)29-21)12-13-7-9-15(22)10-8-13/h4-11,17H,12H2,1-3H3,(H,23,25). The molecule has 1 N–H and O–H groups in total. The van der Waals surface area contributed by atoms with Gasteiger partial charge in [0.25, 0.3) is 11.8 Å². The van der Waals surface area contributed by atoms with Crippen LogP contribution in [0.4, 0.5) is 0 Å². The maximum atomic E-state index is 13.3. The Hall–Kier alpha value is -2.09. The van der Waals surface area contributed by atoms with Gasteiger partial charge >= 0.3 is 0 Å². The second-order valence-corrected chi connectivity index (χ2v) is 9.89. The van der Waals surface area contributed by atoms with Crippen LogP contribution in [0.25, 0.3) is 0 Å². The van der Waals surface area contributed by atoms with Crippen molar-refractivity contribution in [3.8, 4) is 5.75 Å². The molecule has 0 radical (unpaired) electrons. The fourth-order valence-corrected chi connectivity index (χ4v) is 4.93. The summed E-state index contributed by atoms with van der Waals surface area (Å²) in [5.74, 6) is 0.00642. The van der Waals surface area contributed by atoms with E-state index in [1.54, 1.807) is 36.4 Å². The molecular formula is C21H21ClN2O3S2. The number of thioether (sulfide) groups is 1. The molecule has 1 atom stereocenters. The zero-order chi connectivity index (χ0) is 21.2. The first-order valence-electron chi connectivity index (χ1n) is 8.95. The molecule has 1 heterocycles. The topological polar surface area (TPSA) is 58.6 Å². The van der Waals surface area contributed by atoms with Gasteiger partial charge in [-0.2, -0.15) is 0 Å². The highest BCUT2D eigenvalue weighted by molar-refractivity contribution is 8.24. The maximum absolute atomic E-state index is 13.3. The number of thiocarbonyl (C=S) groups is 1. The number of benzene rings is 2. The van der Waals surface area contributed by atoms with Crippen LogP contribution in [0.5, 0.6) is 5.75 Å². The van der Waals surface area contributed by atoms with Gasteiger partial charge in [0, 0.05) is 15.3 Å². The van der Waals surface area contributed by atoms with Crippen molar-refractivity contribution in [3.63, 3.8) is 0 Å². The summed E-state index contributed by atoms with van der Waals surface area (Å²) in [5, 5.41) is 3.51. The third-order valence-corrected chi connectivity index (χ3v) is 6.52. The summed E-state index contributed by atoms with van der Waals surface area (Å²) in [6, 6.07) is 13.3. The predicted octanol–water partition coefficient (Wildman–Crippen LogP) is 4.29. The van der Waals surface area contributed by atoms with Crippen molar-refractivity contribution in [1.29, 1.82) is 0 Å². The zero-order valence-corrected chi connectivity index (χ0v) is 18.7. The van der Waals surface area contributed by atoms with Crippen molar-refractivity contribution < 1.29 is 14.3 Å². The zero-order valence-electron chi connectivity index (χ0n) is 16.3. The number of carbonyl (C=O) groups excluding carboxylic acids is 2. The number of rotatable bonds is 5. The molecule has 1 saturated heterocycles. The Morgan fingerprint density at radius 1 is 1.28 bits per heavy atom. The van der Waals surface area contributed by atoms with Gasteiger partial charge in [-0.3, -0.25) is 14.5 Å². The van der Waals surface area contributed by atoms with Crippen molar-refractivity contribution in [1.82, 2.24) is 10.2 Å². The number of nitrogens with one attached hydrogen (secondary N) is 1. The molecule has 0 saturated carbocycles. The SMILES string of the molecule is COc1cccc(C(=O)NC2C(=O)N(Cc3ccc(Cl)cc3)C(=S)SC2(C)C)c1. The van der Waals surface area contributed by atoms with E-state index in [4.69, 9.17) is 28.6 Å². The minimum Gasteiger partial charge on any atom is -0.497 e. The number of nitrogens with zero attached hydrogens (tertiary/aromatic N) is 1. The van der Waals surface area contributed by atoms with Gasteiger partial charge in [-0.1, -0.05) is 53.8 Å². The Balaban J connectivity index is 1.81. The quantitative estimate of drug-likeness (QED) is 0.691. The molecule has 2 amide bonds. The molecule has 3 rings (SSSR count). The molecule has 1 aliphatic rings. The summed E-state index contributed by atoms with van der Waals surface area (Å²) in [7, 11) is 1.54. The van der Waals surface area contributed by atoms with Gasteiger partial charge < -0.3 is 10.1 Å². The highest BCUT2D eigenvalue weighted by Gasteiger charge is 2.46. The molecule has 2 aromatic carbocycles. The Morgan fingerprint density at radius 2 is 1.97 bits per heavy atom. The fraction of sp³-hybridized carbons (Fsp3) is 0.286. The predicted molar refractivity (Wildman–Crippen MR) is 121 cm³/mol. The summed E-state index contributed by atoms with van der Waals surface area (Å²) in [6.45, 7) is 4.12. The lowest BCUT2D eigenvalue weighted by Crippen LogP contribution is -2.62. The first-order chi connectivity index (χ1) is 13.7. The van der Waals surface area contributed by atoms with Gasteiger partial charge in [-0.05, 0) is 49.7 Å². The van der Waals surface area contributed by atoms with Crippen molar-refractivity contribution in [2.45, 2.75) is 31.2 Å². The molecule has 1 unspecified atom stereocenters. The van der Waals surface area contributed by atoms with Crippen LogP contribution in [0.15, 0.2) is 48.5 Å². The summed E-state index contributed by atoms with van der Waals surface area (Å²) < 4.78 is 5.08. The minimum absolute atomic E-state index is 0.232. The van der Waals surface area contributed by atoms with Gasteiger partial charge in [-0.25, -0.2) is 0 Å². The molecule has 0 aliphatic carbocycles. The number of hydrogen-bond donors (Lipinski definition) is 1. The van der Waals surface area contributed by atoms with Crippen molar-refractivity contribution in [2.75, 3.05) is 7.11 Å². The number of hydrogen-bond acceptors (Lipinski definition) is 5. The van der Waals surface area contributed by atoms with Gasteiger partial charge in [-0.15, -0.1) is 0 Å². The van der Waals surface area contributed by atoms with Crippen molar-refractivity contribution >= 4 is 51.7 Å². The van der Waals surface area contributed by atoms with E-state index in [-0.39, 0.29) is 11.8 Å². The molecule has 1 fully saturated rings. The maximum Gasteiger partial charge on any atom is 0.252 e. The lowest BCUT2D eigenvalue weighted by Gasteiger charge is -2.42. The molecule has 2 aromatic rings. The second-order valence-electron chi connectivity index (χ2n) is 7.16. The lowest BCUT2D eigenvalue weighted by molar-refractivity contribution is -0.130. The van der Waals surface area contributed by atoms with E-state index in [1.807, 2.05) is 26.0 Å². The Labute approximate surface area is 184 Å². The second kappa shape index (κ2) is 8.73. The smallest absolute Gasteiger partial charge is 0.252 e. The molecule has 29 heavy (non-hydrogen) atoms. The Kier molecular flexibility index (Phi) is 6.51. The van der Waals surface area contributed by atoms with Crippen LogP contribution in [0.2, 0.25) is 5.02 Å². The number of amides is 2. The molecule has 5 nitrogen and oxygen atoms in total. The van der Waals surface area contributed by atoms with E-state index in [2.05, 4.69) is 5.32 Å². The number of methoxy groups -OCH3 is 1. The van der Waals surface area contributed by atoms with E-state index in [0.717, 1.165) is 5.56 Å². The molecular weight excluding hydrogens is 428 g/mol. The minimum atomic E-state index is -0.731. The average molecular weight is 449 g/mol. The van der Waals surface area contributed by atoms with E-state index < -0.39 is 10.8 Å². The van der Waals surface area contributed by atoms with Gasteiger partial charge in [0.1, 0.15) is 16.1 Å².